The van der Waals surface area contributed by atoms with Crippen molar-refractivity contribution >= 4 is 17.8 Å². The van der Waals surface area contributed by atoms with Gasteiger partial charge in [-0.1, -0.05) is 49.3 Å². The second kappa shape index (κ2) is 8.72. The first-order valence-electron chi connectivity index (χ1n) is 7.99. The molecule has 5 nitrogen and oxygen atoms in total. The summed E-state index contributed by atoms with van der Waals surface area (Å²) in [6.45, 7) is 3.92. The monoisotopic (exact) mass is 326 g/mol. The molecule has 2 aromatic carbocycles. The maximum Gasteiger partial charge on any atom is 0.265 e. The van der Waals surface area contributed by atoms with E-state index in [-0.39, 0.29) is 18.3 Å². The Hall–Kier alpha value is -2.82. The number of amides is 1. The molecule has 0 aromatic heterocycles. The molecular formula is C19H22N2O3. The summed E-state index contributed by atoms with van der Waals surface area (Å²) in [4.78, 5) is 17.1. The molecule has 1 amide bonds. The molecular weight excluding hydrogens is 304 g/mol. The molecule has 0 aliphatic carbocycles. The molecule has 0 heterocycles. The van der Waals surface area contributed by atoms with Gasteiger partial charge in [0.05, 0.1) is 6.21 Å². The maximum atomic E-state index is 12.1. The minimum atomic E-state index is -0.264. The number of phenolic OH excluding ortho intramolecular Hbond substituents is 1. The number of oxime groups is 1. The predicted molar refractivity (Wildman–Crippen MR) is 95.5 cm³/mol. The van der Waals surface area contributed by atoms with Crippen molar-refractivity contribution < 1.29 is 14.7 Å². The summed E-state index contributed by atoms with van der Waals surface area (Å²) in [5.41, 5.74) is 3.59. The fourth-order valence-corrected chi connectivity index (χ4v) is 2.37. The zero-order chi connectivity index (χ0) is 17.4. The minimum absolute atomic E-state index is 0.110. The van der Waals surface area contributed by atoms with E-state index in [1.807, 2.05) is 18.2 Å². The molecule has 0 spiro atoms. The number of carbonyl (C=O) groups excluding carboxylic acids is 1. The molecule has 2 rings (SSSR count). The number of phenols is 1. The van der Waals surface area contributed by atoms with E-state index in [0.717, 1.165) is 29.7 Å². The van der Waals surface area contributed by atoms with Crippen LogP contribution in [0.15, 0.2) is 47.6 Å². The van der Waals surface area contributed by atoms with Gasteiger partial charge < -0.3 is 15.3 Å². The van der Waals surface area contributed by atoms with Crippen molar-refractivity contribution in [2.75, 3.05) is 11.9 Å². The van der Waals surface area contributed by atoms with Gasteiger partial charge in [0.15, 0.2) is 6.61 Å². The van der Waals surface area contributed by atoms with Crippen LogP contribution < -0.4 is 5.32 Å². The Morgan fingerprint density at radius 1 is 1.12 bits per heavy atom. The molecule has 2 N–H and O–H groups in total. The van der Waals surface area contributed by atoms with Gasteiger partial charge in [0, 0.05) is 11.3 Å². The van der Waals surface area contributed by atoms with Gasteiger partial charge in [-0.3, -0.25) is 4.79 Å². The van der Waals surface area contributed by atoms with Gasteiger partial charge in [-0.25, -0.2) is 0 Å². The number of aromatic hydroxyl groups is 1. The van der Waals surface area contributed by atoms with E-state index >= 15 is 0 Å². The van der Waals surface area contributed by atoms with Crippen molar-refractivity contribution in [2.24, 2.45) is 5.16 Å². The number of rotatable bonds is 7. The van der Waals surface area contributed by atoms with Crippen LogP contribution in [0, 0.1) is 0 Å². The number of nitrogens with zero attached hydrogens (tertiary/aromatic N) is 1. The smallest absolute Gasteiger partial charge is 0.265 e. The van der Waals surface area contributed by atoms with Gasteiger partial charge in [-0.2, -0.15) is 0 Å². The van der Waals surface area contributed by atoms with Crippen molar-refractivity contribution in [1.82, 2.24) is 0 Å². The Labute approximate surface area is 142 Å². The SMILES string of the molecule is CCc1cccc(CC)c1NC(=O)CO/N=C\c1ccccc1O. The Bertz CT molecular complexity index is 704. The van der Waals surface area contributed by atoms with Crippen molar-refractivity contribution in [3.63, 3.8) is 0 Å². The van der Waals surface area contributed by atoms with Crippen LogP contribution >= 0.6 is 0 Å². The van der Waals surface area contributed by atoms with E-state index in [0.29, 0.717) is 5.56 Å². The lowest BCUT2D eigenvalue weighted by molar-refractivity contribution is -0.120. The highest BCUT2D eigenvalue weighted by atomic mass is 16.6. The van der Waals surface area contributed by atoms with Crippen LogP contribution in [0.2, 0.25) is 0 Å². The summed E-state index contributed by atoms with van der Waals surface area (Å²) < 4.78 is 0. The van der Waals surface area contributed by atoms with Crippen molar-refractivity contribution in [3.05, 3.63) is 59.2 Å². The Balaban J connectivity index is 1.94. The summed E-state index contributed by atoms with van der Waals surface area (Å²) in [7, 11) is 0. The normalized spacial score (nSPS) is 10.8. The molecule has 126 valence electrons. The third-order valence-corrected chi connectivity index (χ3v) is 3.66. The topological polar surface area (TPSA) is 70.9 Å². The number of anilines is 1. The summed E-state index contributed by atoms with van der Waals surface area (Å²) in [6.07, 6.45) is 3.06. The number of benzene rings is 2. The van der Waals surface area contributed by atoms with E-state index in [1.165, 1.54) is 6.21 Å². The number of hydrogen-bond donors (Lipinski definition) is 2. The van der Waals surface area contributed by atoms with E-state index in [9.17, 15) is 9.90 Å². The fourth-order valence-electron chi connectivity index (χ4n) is 2.37. The third-order valence-electron chi connectivity index (χ3n) is 3.66. The number of para-hydroxylation sites is 2. The van der Waals surface area contributed by atoms with Gasteiger partial charge in [0.2, 0.25) is 0 Å². The van der Waals surface area contributed by atoms with Gasteiger partial charge in [0.25, 0.3) is 5.91 Å². The lowest BCUT2D eigenvalue weighted by atomic mass is 10.0. The van der Waals surface area contributed by atoms with Crippen LogP contribution in [0.5, 0.6) is 5.75 Å². The summed E-state index contributed by atoms with van der Waals surface area (Å²) in [5.74, 6) is -0.154. The second-order valence-corrected chi connectivity index (χ2v) is 5.27. The highest BCUT2D eigenvalue weighted by Crippen LogP contribution is 2.22. The van der Waals surface area contributed by atoms with Gasteiger partial charge in [-0.05, 0) is 36.1 Å². The van der Waals surface area contributed by atoms with Gasteiger partial charge >= 0.3 is 0 Å². The first-order valence-corrected chi connectivity index (χ1v) is 7.99. The number of aryl methyl sites for hydroxylation is 2. The molecule has 0 unspecified atom stereocenters. The van der Waals surface area contributed by atoms with Crippen molar-refractivity contribution in [3.8, 4) is 5.75 Å². The molecule has 0 atom stereocenters. The zero-order valence-corrected chi connectivity index (χ0v) is 14.0. The highest BCUT2D eigenvalue weighted by molar-refractivity contribution is 5.93. The molecule has 0 aliphatic rings. The summed E-state index contributed by atoms with van der Waals surface area (Å²) in [6, 6.07) is 12.8. The first kappa shape index (κ1) is 17.5. The van der Waals surface area contributed by atoms with E-state index in [4.69, 9.17) is 4.84 Å². The number of nitrogens with one attached hydrogen (secondary N) is 1. The molecule has 0 radical (unpaired) electrons. The molecule has 0 aliphatic heterocycles. The average Bonchev–Trinajstić information content (AvgIpc) is 2.60. The highest BCUT2D eigenvalue weighted by Gasteiger charge is 2.10. The molecule has 5 heteroatoms. The summed E-state index contributed by atoms with van der Waals surface area (Å²) in [5, 5.41) is 16.2. The lowest BCUT2D eigenvalue weighted by Crippen LogP contribution is -2.19. The standard InChI is InChI=1S/C19H22N2O3/c1-3-14-9-7-10-15(4-2)19(14)21-18(23)13-24-20-12-16-8-5-6-11-17(16)22/h5-12,22H,3-4,13H2,1-2H3,(H,21,23)/b20-12-. The molecule has 24 heavy (non-hydrogen) atoms. The molecule has 0 saturated carbocycles. The number of hydrogen-bond acceptors (Lipinski definition) is 4. The molecule has 0 fully saturated rings. The minimum Gasteiger partial charge on any atom is -0.507 e. The Morgan fingerprint density at radius 2 is 1.79 bits per heavy atom. The number of carbonyl (C=O) groups is 1. The van der Waals surface area contributed by atoms with Gasteiger partial charge in [0.1, 0.15) is 5.75 Å². The first-order chi connectivity index (χ1) is 11.7. The van der Waals surface area contributed by atoms with E-state index in [2.05, 4.69) is 24.3 Å². The van der Waals surface area contributed by atoms with Gasteiger partial charge in [-0.15, -0.1) is 0 Å². The Morgan fingerprint density at radius 3 is 2.42 bits per heavy atom. The maximum absolute atomic E-state index is 12.1. The fraction of sp³-hybridized carbons (Fsp3) is 0.263. The van der Waals surface area contributed by atoms with Crippen molar-refractivity contribution in [2.45, 2.75) is 26.7 Å². The Kier molecular flexibility index (Phi) is 6.37. The molecule has 0 bridgehead atoms. The quantitative estimate of drug-likeness (QED) is 0.604. The van der Waals surface area contributed by atoms with E-state index < -0.39 is 0 Å². The molecule has 2 aromatic rings. The largest absolute Gasteiger partial charge is 0.507 e. The predicted octanol–water partition coefficient (Wildman–Crippen LogP) is 3.51. The lowest BCUT2D eigenvalue weighted by Gasteiger charge is -2.13. The van der Waals surface area contributed by atoms with Crippen LogP contribution in [-0.2, 0) is 22.5 Å². The second-order valence-electron chi connectivity index (χ2n) is 5.27. The van der Waals surface area contributed by atoms with Crippen LogP contribution in [0.4, 0.5) is 5.69 Å². The van der Waals surface area contributed by atoms with E-state index in [1.54, 1.807) is 24.3 Å². The van der Waals surface area contributed by atoms with Crippen LogP contribution in [0.25, 0.3) is 0 Å². The van der Waals surface area contributed by atoms with Crippen LogP contribution in [0.3, 0.4) is 0 Å². The molecule has 0 saturated heterocycles. The van der Waals surface area contributed by atoms with Crippen LogP contribution in [-0.4, -0.2) is 23.8 Å². The zero-order valence-electron chi connectivity index (χ0n) is 14.0. The third kappa shape index (κ3) is 4.59. The van der Waals surface area contributed by atoms with Crippen molar-refractivity contribution in [1.29, 1.82) is 0 Å². The summed E-state index contributed by atoms with van der Waals surface area (Å²) >= 11 is 0. The average molecular weight is 326 g/mol. The van der Waals surface area contributed by atoms with Crippen LogP contribution in [0.1, 0.15) is 30.5 Å².